The highest BCUT2D eigenvalue weighted by Crippen LogP contribution is 2.41. The molecule has 1 atom stereocenters. The van der Waals surface area contributed by atoms with Crippen LogP contribution in [-0.2, 0) is 11.8 Å². The molecule has 2 aromatic rings. The number of nitrogens with one attached hydrogen (secondary N) is 1. The van der Waals surface area contributed by atoms with Gasteiger partial charge in [-0.1, -0.05) is 0 Å². The largest absolute Gasteiger partial charge is 0.497 e. The molecule has 29 heavy (non-hydrogen) atoms. The van der Waals surface area contributed by atoms with Crippen molar-refractivity contribution in [3.63, 3.8) is 0 Å². The second-order valence-corrected chi connectivity index (χ2v) is 6.65. The Morgan fingerprint density at radius 3 is 2.59 bits per heavy atom. The molecule has 0 aliphatic carbocycles. The minimum absolute atomic E-state index is 0.157. The van der Waals surface area contributed by atoms with Gasteiger partial charge in [0.2, 0.25) is 5.91 Å². The second kappa shape index (κ2) is 7.73. The number of methoxy groups -OCH3 is 1. The predicted octanol–water partition coefficient (Wildman–Crippen LogP) is 2.99. The number of pyridine rings is 1. The molecule has 3 rings (SSSR count). The number of carbonyl (C=O) groups excluding carboxylic acids is 1. The first-order chi connectivity index (χ1) is 13.7. The van der Waals surface area contributed by atoms with Crippen molar-refractivity contribution in [2.24, 2.45) is 12.0 Å². The van der Waals surface area contributed by atoms with Gasteiger partial charge in [0, 0.05) is 37.0 Å². The number of amides is 1. The van der Waals surface area contributed by atoms with Crippen LogP contribution in [0.5, 0.6) is 5.75 Å². The summed E-state index contributed by atoms with van der Waals surface area (Å²) in [6.07, 6.45) is -3.59. The Kier molecular flexibility index (Phi) is 5.50. The monoisotopic (exact) mass is 407 g/mol. The van der Waals surface area contributed by atoms with Crippen LogP contribution >= 0.6 is 0 Å². The number of benzene rings is 1. The van der Waals surface area contributed by atoms with Crippen molar-refractivity contribution in [1.82, 2.24) is 9.88 Å². The number of nitrogens with zero attached hydrogens (tertiary/aromatic N) is 2. The third-order valence-corrected chi connectivity index (χ3v) is 4.70. The maximum absolute atomic E-state index is 13.9. The summed E-state index contributed by atoms with van der Waals surface area (Å²) in [6, 6.07) is 4.42. The number of aliphatic imine (C=N–C) groups is 1. The van der Waals surface area contributed by atoms with Crippen LogP contribution in [0.25, 0.3) is 11.1 Å². The zero-order valence-corrected chi connectivity index (χ0v) is 16.1. The van der Waals surface area contributed by atoms with E-state index in [1.54, 1.807) is 13.0 Å². The molecular weight excluding hydrogens is 387 g/mol. The highest BCUT2D eigenvalue weighted by molar-refractivity contribution is 6.10. The molecule has 0 radical (unpaired) electrons. The minimum atomic E-state index is -4.76. The van der Waals surface area contributed by atoms with E-state index in [1.807, 2.05) is 0 Å². The molecule has 1 amide bonds. The van der Waals surface area contributed by atoms with Crippen LogP contribution in [0, 0.1) is 0 Å². The van der Waals surface area contributed by atoms with Gasteiger partial charge in [0.05, 0.1) is 19.6 Å². The van der Waals surface area contributed by atoms with Gasteiger partial charge in [0.25, 0.3) is 5.56 Å². The number of ether oxygens (including phenoxy) is 1. The van der Waals surface area contributed by atoms with Crippen LogP contribution in [-0.4, -0.2) is 36.0 Å². The molecule has 0 bridgehead atoms. The topological polar surface area (TPSA) is 72.7 Å². The first kappa shape index (κ1) is 20.6. The molecule has 1 unspecified atom stereocenters. The van der Waals surface area contributed by atoms with Crippen LogP contribution in [0.4, 0.5) is 13.2 Å². The first-order valence-electron chi connectivity index (χ1n) is 8.96. The smallest absolute Gasteiger partial charge is 0.433 e. The summed E-state index contributed by atoms with van der Waals surface area (Å²) in [7, 11) is 2.87. The third kappa shape index (κ3) is 4.03. The quantitative estimate of drug-likeness (QED) is 0.847. The minimum Gasteiger partial charge on any atom is -0.497 e. The summed E-state index contributed by atoms with van der Waals surface area (Å²) in [5, 5.41) is 2.57. The molecule has 0 saturated heterocycles. The molecule has 1 aromatic heterocycles. The number of fused-ring (bicyclic) bond motifs is 3. The fraction of sp³-hybridized carbons (Fsp3) is 0.350. The second-order valence-electron chi connectivity index (χ2n) is 6.65. The standard InChI is InChI=1S/C20H20F3N3O3/c1-4-24-17(27)9-16-13-8-18(28)26(2)10-15(13)12-6-5-11(29-3)7-14(12)19(25-16)20(21,22)23/h5-8,10,16H,4,9H2,1-3H3,(H,24,27). The summed E-state index contributed by atoms with van der Waals surface area (Å²) in [6.45, 7) is 2.05. The number of halogens is 3. The maximum atomic E-state index is 13.9. The zero-order chi connectivity index (χ0) is 21.3. The Morgan fingerprint density at radius 1 is 1.24 bits per heavy atom. The highest BCUT2D eigenvalue weighted by atomic mass is 19.4. The van der Waals surface area contributed by atoms with Gasteiger partial charge in [-0.2, -0.15) is 13.2 Å². The molecule has 0 spiro atoms. The lowest BCUT2D eigenvalue weighted by molar-refractivity contribution is -0.121. The summed E-state index contributed by atoms with van der Waals surface area (Å²) in [5.41, 5.74) is -0.689. The summed E-state index contributed by atoms with van der Waals surface area (Å²) >= 11 is 0. The average Bonchev–Trinajstić information content (AvgIpc) is 2.77. The molecule has 6 nitrogen and oxygen atoms in total. The van der Waals surface area contributed by atoms with Gasteiger partial charge < -0.3 is 14.6 Å². The number of aromatic nitrogens is 1. The molecule has 0 saturated carbocycles. The maximum Gasteiger partial charge on any atom is 0.433 e. The van der Waals surface area contributed by atoms with E-state index in [9.17, 15) is 22.8 Å². The van der Waals surface area contributed by atoms with E-state index in [2.05, 4.69) is 10.3 Å². The van der Waals surface area contributed by atoms with Crippen molar-refractivity contribution in [2.45, 2.75) is 25.6 Å². The van der Waals surface area contributed by atoms with Crippen LogP contribution in [0.15, 0.2) is 40.2 Å². The lowest BCUT2D eigenvalue weighted by Crippen LogP contribution is -2.27. The van der Waals surface area contributed by atoms with E-state index in [4.69, 9.17) is 4.74 Å². The molecule has 9 heteroatoms. The highest BCUT2D eigenvalue weighted by Gasteiger charge is 2.41. The zero-order valence-electron chi connectivity index (χ0n) is 16.1. The normalized spacial score (nSPS) is 15.7. The predicted molar refractivity (Wildman–Crippen MR) is 102 cm³/mol. The van der Waals surface area contributed by atoms with E-state index in [1.165, 1.54) is 43.1 Å². The Bertz CT molecular complexity index is 1040. The van der Waals surface area contributed by atoms with Gasteiger partial charge in [0.1, 0.15) is 11.5 Å². The lowest BCUT2D eigenvalue weighted by Gasteiger charge is -2.16. The van der Waals surface area contributed by atoms with E-state index in [-0.39, 0.29) is 28.9 Å². The van der Waals surface area contributed by atoms with Crippen molar-refractivity contribution >= 4 is 11.6 Å². The van der Waals surface area contributed by atoms with Gasteiger partial charge in [-0.25, -0.2) is 0 Å². The number of hydrogen-bond donors (Lipinski definition) is 1. The Morgan fingerprint density at radius 2 is 1.97 bits per heavy atom. The van der Waals surface area contributed by atoms with Crippen LogP contribution in [0.3, 0.4) is 0 Å². The van der Waals surface area contributed by atoms with E-state index < -0.39 is 29.4 Å². The first-order valence-corrected chi connectivity index (χ1v) is 8.96. The molecular formula is C20H20F3N3O3. The summed E-state index contributed by atoms with van der Waals surface area (Å²) in [4.78, 5) is 28.3. The number of carbonyl (C=O) groups is 1. The molecule has 1 aliphatic rings. The van der Waals surface area contributed by atoms with Crippen molar-refractivity contribution in [3.05, 3.63) is 51.9 Å². The van der Waals surface area contributed by atoms with Crippen LogP contribution < -0.4 is 15.6 Å². The fourth-order valence-corrected chi connectivity index (χ4v) is 3.35. The molecule has 1 N–H and O–H groups in total. The number of hydrogen-bond acceptors (Lipinski definition) is 4. The summed E-state index contributed by atoms with van der Waals surface area (Å²) < 4.78 is 48.2. The van der Waals surface area contributed by atoms with Crippen molar-refractivity contribution in [2.75, 3.05) is 13.7 Å². The number of aryl methyl sites for hydroxylation is 1. The van der Waals surface area contributed by atoms with Gasteiger partial charge in [0.15, 0.2) is 0 Å². The van der Waals surface area contributed by atoms with Gasteiger partial charge >= 0.3 is 6.18 Å². The SMILES string of the molecule is CCNC(=O)CC1N=C(C(F)(F)F)c2cc(OC)ccc2-c2cn(C)c(=O)cc21. The van der Waals surface area contributed by atoms with Crippen molar-refractivity contribution < 1.29 is 22.7 Å². The van der Waals surface area contributed by atoms with Gasteiger partial charge in [-0.05, 0) is 36.2 Å². The van der Waals surface area contributed by atoms with Crippen molar-refractivity contribution in [1.29, 1.82) is 0 Å². The molecule has 154 valence electrons. The average molecular weight is 407 g/mol. The molecule has 2 heterocycles. The van der Waals surface area contributed by atoms with E-state index in [0.717, 1.165) is 0 Å². The Hall–Kier alpha value is -3.10. The van der Waals surface area contributed by atoms with Crippen LogP contribution in [0.2, 0.25) is 0 Å². The third-order valence-electron chi connectivity index (χ3n) is 4.70. The Labute approximate surface area is 165 Å². The van der Waals surface area contributed by atoms with Crippen molar-refractivity contribution in [3.8, 4) is 16.9 Å². The van der Waals surface area contributed by atoms with Crippen LogP contribution in [0.1, 0.15) is 30.5 Å². The molecule has 0 fully saturated rings. The van der Waals surface area contributed by atoms with Gasteiger partial charge in [-0.3, -0.25) is 14.6 Å². The Balaban J connectivity index is 2.33. The number of alkyl halides is 3. The summed E-state index contributed by atoms with van der Waals surface area (Å²) in [5.74, 6) is -0.202. The van der Waals surface area contributed by atoms with E-state index in [0.29, 0.717) is 12.1 Å². The molecule has 1 aliphatic heterocycles. The van der Waals surface area contributed by atoms with Gasteiger partial charge in [-0.15, -0.1) is 0 Å². The lowest BCUT2D eigenvalue weighted by atomic mass is 9.92. The number of rotatable bonds is 4. The fourth-order valence-electron chi connectivity index (χ4n) is 3.35. The molecule has 1 aromatic carbocycles. The van der Waals surface area contributed by atoms with E-state index >= 15 is 0 Å².